The Balaban J connectivity index is 2.13. The smallest absolute Gasteiger partial charge is 0.231 e. The van der Waals surface area contributed by atoms with Crippen molar-refractivity contribution in [1.82, 2.24) is 19.9 Å². The molecule has 20 heavy (non-hydrogen) atoms. The summed E-state index contributed by atoms with van der Waals surface area (Å²) in [5.41, 5.74) is 1.12. The van der Waals surface area contributed by atoms with Crippen molar-refractivity contribution in [2.45, 2.75) is 13.5 Å². The van der Waals surface area contributed by atoms with Gasteiger partial charge in [-0.3, -0.25) is 4.98 Å². The third kappa shape index (κ3) is 3.78. The summed E-state index contributed by atoms with van der Waals surface area (Å²) < 4.78 is 0. The maximum Gasteiger partial charge on any atom is 0.231 e. The van der Waals surface area contributed by atoms with E-state index < -0.39 is 0 Å². The van der Waals surface area contributed by atoms with Crippen LogP contribution < -0.4 is 15.5 Å². The molecule has 0 atom stereocenters. The van der Waals surface area contributed by atoms with E-state index in [2.05, 4.69) is 30.6 Å². The molecule has 0 saturated heterocycles. The summed E-state index contributed by atoms with van der Waals surface area (Å²) in [4.78, 5) is 18.9. The van der Waals surface area contributed by atoms with E-state index in [1.54, 1.807) is 12.4 Å². The Kier molecular flexibility index (Phi) is 4.65. The molecule has 106 valence electrons. The largest absolute Gasteiger partial charge is 0.354 e. The van der Waals surface area contributed by atoms with Crippen LogP contribution in [0, 0.1) is 0 Å². The molecule has 2 N–H and O–H groups in total. The minimum absolute atomic E-state index is 0.552. The molecule has 0 amide bonds. The minimum atomic E-state index is 0.552. The SMILES string of the molecule is CCNc1nc(NCc2ccncc2)nc(N(C)C)n1. The van der Waals surface area contributed by atoms with Crippen molar-refractivity contribution in [3.63, 3.8) is 0 Å². The number of nitrogens with zero attached hydrogens (tertiary/aromatic N) is 5. The molecule has 2 aromatic rings. The Bertz CT molecular complexity index is 542. The van der Waals surface area contributed by atoms with E-state index in [9.17, 15) is 0 Å². The van der Waals surface area contributed by atoms with Crippen molar-refractivity contribution < 1.29 is 0 Å². The number of hydrogen-bond donors (Lipinski definition) is 2. The number of anilines is 3. The zero-order valence-corrected chi connectivity index (χ0v) is 12.0. The molecule has 2 aromatic heterocycles. The van der Waals surface area contributed by atoms with Gasteiger partial charge in [-0.15, -0.1) is 0 Å². The van der Waals surface area contributed by atoms with Gasteiger partial charge in [0, 0.05) is 39.6 Å². The van der Waals surface area contributed by atoms with Crippen LogP contribution in [0.15, 0.2) is 24.5 Å². The molecule has 2 heterocycles. The summed E-state index contributed by atoms with van der Waals surface area (Å²) >= 11 is 0. The molecule has 0 aliphatic carbocycles. The molecule has 0 bridgehead atoms. The second kappa shape index (κ2) is 6.65. The molecular weight excluding hydrogens is 254 g/mol. The van der Waals surface area contributed by atoms with E-state index in [0.717, 1.165) is 12.1 Å². The lowest BCUT2D eigenvalue weighted by molar-refractivity contribution is 0.935. The van der Waals surface area contributed by atoms with E-state index in [-0.39, 0.29) is 0 Å². The highest BCUT2D eigenvalue weighted by Gasteiger charge is 2.07. The number of hydrogen-bond acceptors (Lipinski definition) is 7. The zero-order chi connectivity index (χ0) is 14.4. The van der Waals surface area contributed by atoms with Crippen LogP contribution >= 0.6 is 0 Å². The normalized spacial score (nSPS) is 10.2. The standard InChI is InChI=1S/C13H19N7/c1-4-15-11-17-12(19-13(18-11)20(2)3)16-9-10-5-7-14-8-6-10/h5-8H,4,9H2,1-3H3,(H2,15,16,17,18,19). The van der Waals surface area contributed by atoms with Crippen LogP contribution in [0.4, 0.5) is 17.8 Å². The molecule has 0 aliphatic heterocycles. The molecule has 0 aliphatic rings. The minimum Gasteiger partial charge on any atom is -0.354 e. The average molecular weight is 273 g/mol. The first-order chi connectivity index (χ1) is 9.69. The molecule has 0 saturated carbocycles. The van der Waals surface area contributed by atoms with E-state index in [1.165, 1.54) is 0 Å². The molecule has 7 nitrogen and oxygen atoms in total. The monoisotopic (exact) mass is 273 g/mol. The first-order valence-electron chi connectivity index (χ1n) is 6.49. The summed E-state index contributed by atoms with van der Waals surface area (Å²) in [6.45, 7) is 3.41. The molecule has 2 rings (SSSR count). The van der Waals surface area contributed by atoms with E-state index in [0.29, 0.717) is 24.4 Å². The number of pyridine rings is 1. The van der Waals surface area contributed by atoms with Crippen molar-refractivity contribution in [3.8, 4) is 0 Å². The van der Waals surface area contributed by atoms with Crippen molar-refractivity contribution >= 4 is 17.8 Å². The van der Waals surface area contributed by atoms with Crippen molar-refractivity contribution in [2.75, 3.05) is 36.2 Å². The van der Waals surface area contributed by atoms with Crippen molar-refractivity contribution in [2.24, 2.45) is 0 Å². The van der Waals surface area contributed by atoms with Crippen LogP contribution in [0.3, 0.4) is 0 Å². The Labute approximate surface area is 118 Å². The Morgan fingerprint density at radius 1 is 1.00 bits per heavy atom. The molecule has 0 fully saturated rings. The summed E-state index contributed by atoms with van der Waals surface area (Å²) in [5.74, 6) is 1.74. The fraction of sp³-hybridized carbons (Fsp3) is 0.385. The van der Waals surface area contributed by atoms with Gasteiger partial charge in [-0.1, -0.05) is 0 Å². The van der Waals surface area contributed by atoms with Gasteiger partial charge in [-0.25, -0.2) is 0 Å². The van der Waals surface area contributed by atoms with Crippen LogP contribution in [0.1, 0.15) is 12.5 Å². The van der Waals surface area contributed by atoms with Crippen LogP contribution in [0.25, 0.3) is 0 Å². The first kappa shape index (κ1) is 14.0. The molecular formula is C13H19N7. The second-order valence-corrected chi connectivity index (χ2v) is 4.42. The third-order valence-corrected chi connectivity index (χ3v) is 2.56. The lowest BCUT2D eigenvalue weighted by Gasteiger charge is -2.13. The lowest BCUT2D eigenvalue weighted by Crippen LogP contribution is -2.17. The second-order valence-electron chi connectivity index (χ2n) is 4.42. The maximum atomic E-state index is 4.37. The van der Waals surface area contributed by atoms with Gasteiger partial charge in [0.25, 0.3) is 0 Å². The van der Waals surface area contributed by atoms with Crippen LogP contribution in [0.5, 0.6) is 0 Å². The third-order valence-electron chi connectivity index (χ3n) is 2.56. The van der Waals surface area contributed by atoms with E-state index in [1.807, 2.05) is 38.1 Å². The van der Waals surface area contributed by atoms with E-state index in [4.69, 9.17) is 0 Å². The highest BCUT2D eigenvalue weighted by molar-refractivity contribution is 5.43. The van der Waals surface area contributed by atoms with Gasteiger partial charge in [-0.05, 0) is 24.6 Å². The summed E-state index contributed by atoms with van der Waals surface area (Å²) in [7, 11) is 3.80. The fourth-order valence-electron chi connectivity index (χ4n) is 1.56. The van der Waals surface area contributed by atoms with Gasteiger partial charge in [0.05, 0.1) is 0 Å². The number of aromatic nitrogens is 4. The van der Waals surface area contributed by atoms with Gasteiger partial charge >= 0.3 is 0 Å². The molecule has 0 unspecified atom stereocenters. The molecule has 0 radical (unpaired) electrons. The van der Waals surface area contributed by atoms with Gasteiger partial charge in [0.15, 0.2) is 0 Å². The quantitative estimate of drug-likeness (QED) is 0.823. The van der Waals surface area contributed by atoms with Crippen LogP contribution in [0.2, 0.25) is 0 Å². The Morgan fingerprint density at radius 3 is 2.25 bits per heavy atom. The summed E-state index contributed by atoms with van der Waals surface area (Å²) in [6.07, 6.45) is 3.53. The zero-order valence-electron chi connectivity index (χ0n) is 12.0. The Hall–Kier alpha value is -2.44. The highest BCUT2D eigenvalue weighted by atomic mass is 15.3. The van der Waals surface area contributed by atoms with Gasteiger partial charge in [0.1, 0.15) is 0 Å². The predicted octanol–water partition coefficient (Wildman–Crippen LogP) is 1.38. The van der Waals surface area contributed by atoms with Crippen molar-refractivity contribution in [3.05, 3.63) is 30.1 Å². The molecule has 0 aromatic carbocycles. The Morgan fingerprint density at radius 2 is 1.65 bits per heavy atom. The summed E-state index contributed by atoms with van der Waals surface area (Å²) in [6, 6.07) is 3.90. The number of nitrogens with one attached hydrogen (secondary N) is 2. The average Bonchev–Trinajstić information content (AvgIpc) is 2.46. The summed E-state index contributed by atoms with van der Waals surface area (Å²) in [5, 5.41) is 6.30. The van der Waals surface area contributed by atoms with Crippen LogP contribution in [-0.4, -0.2) is 40.6 Å². The maximum absolute atomic E-state index is 4.37. The predicted molar refractivity (Wildman–Crippen MR) is 79.9 cm³/mol. The van der Waals surface area contributed by atoms with Gasteiger partial charge < -0.3 is 15.5 Å². The fourth-order valence-corrected chi connectivity index (χ4v) is 1.56. The van der Waals surface area contributed by atoms with Crippen LogP contribution in [-0.2, 0) is 6.54 Å². The highest BCUT2D eigenvalue weighted by Crippen LogP contribution is 2.12. The number of rotatable bonds is 6. The molecule has 7 heteroatoms. The molecule has 0 spiro atoms. The van der Waals surface area contributed by atoms with Crippen molar-refractivity contribution in [1.29, 1.82) is 0 Å². The lowest BCUT2D eigenvalue weighted by atomic mass is 10.3. The van der Waals surface area contributed by atoms with E-state index >= 15 is 0 Å². The van der Waals surface area contributed by atoms with Gasteiger partial charge in [0.2, 0.25) is 17.8 Å². The van der Waals surface area contributed by atoms with Gasteiger partial charge in [-0.2, -0.15) is 15.0 Å². The topological polar surface area (TPSA) is 78.9 Å². The first-order valence-corrected chi connectivity index (χ1v) is 6.49.